The van der Waals surface area contributed by atoms with Gasteiger partial charge in [0.25, 0.3) is 0 Å². The number of nitrogens with one attached hydrogen (secondary N) is 1. The highest BCUT2D eigenvalue weighted by Gasteiger charge is 2.21. The molecule has 2 heterocycles. The van der Waals surface area contributed by atoms with Gasteiger partial charge in [0.15, 0.2) is 0 Å². The fraction of sp³-hybridized carbons (Fsp3) is 0.235. The molecule has 0 fully saturated rings. The average Bonchev–Trinajstić information content (AvgIpc) is 3.02. The zero-order chi connectivity index (χ0) is 18.0. The van der Waals surface area contributed by atoms with Crippen molar-refractivity contribution in [2.45, 2.75) is 32.2 Å². The van der Waals surface area contributed by atoms with Gasteiger partial charge in [0, 0.05) is 12.4 Å². The highest BCUT2D eigenvalue weighted by Crippen LogP contribution is 2.22. The molecule has 0 saturated carbocycles. The van der Waals surface area contributed by atoms with E-state index in [1.807, 2.05) is 19.1 Å². The minimum absolute atomic E-state index is 0.0810. The quantitative estimate of drug-likeness (QED) is 0.752. The third kappa shape index (κ3) is 3.75. The van der Waals surface area contributed by atoms with E-state index in [0.717, 1.165) is 5.56 Å². The zero-order valence-electron chi connectivity index (χ0n) is 14.1. The summed E-state index contributed by atoms with van der Waals surface area (Å²) >= 11 is 0. The van der Waals surface area contributed by atoms with E-state index in [1.165, 1.54) is 0 Å². The first-order chi connectivity index (χ1) is 11.9. The molecule has 2 aromatic heterocycles. The SMILES string of the molecule is Cc1cc(C)c(S(=O)(=O)NCc2nnc(-c3cccnc3)o2)c(C)c1. The Labute approximate surface area is 146 Å². The van der Waals surface area contributed by atoms with E-state index >= 15 is 0 Å². The molecule has 3 rings (SSSR count). The summed E-state index contributed by atoms with van der Waals surface area (Å²) in [6, 6.07) is 7.22. The van der Waals surface area contributed by atoms with E-state index in [0.29, 0.717) is 22.6 Å². The molecule has 8 heteroatoms. The molecule has 0 saturated heterocycles. The molecule has 0 aliphatic carbocycles. The minimum atomic E-state index is -3.68. The van der Waals surface area contributed by atoms with Gasteiger partial charge in [-0.25, -0.2) is 13.1 Å². The van der Waals surface area contributed by atoms with Crippen LogP contribution in [-0.4, -0.2) is 23.6 Å². The second kappa shape index (κ2) is 6.73. The van der Waals surface area contributed by atoms with Gasteiger partial charge in [-0.15, -0.1) is 10.2 Å². The Morgan fingerprint density at radius 3 is 2.48 bits per heavy atom. The van der Waals surface area contributed by atoms with Crippen LogP contribution in [0, 0.1) is 20.8 Å². The standard InChI is InChI=1S/C17H18N4O3S/c1-11-7-12(2)16(13(3)8-11)25(22,23)19-10-15-20-21-17(24-15)14-5-4-6-18-9-14/h4-9,19H,10H2,1-3H3. The highest BCUT2D eigenvalue weighted by molar-refractivity contribution is 7.89. The number of hydrogen-bond donors (Lipinski definition) is 1. The van der Waals surface area contributed by atoms with Gasteiger partial charge >= 0.3 is 0 Å². The lowest BCUT2D eigenvalue weighted by atomic mass is 10.1. The van der Waals surface area contributed by atoms with Crippen LogP contribution < -0.4 is 4.72 Å². The van der Waals surface area contributed by atoms with Crippen molar-refractivity contribution in [3.63, 3.8) is 0 Å². The predicted octanol–water partition coefficient (Wildman–Crippen LogP) is 2.54. The molecule has 0 bridgehead atoms. The number of rotatable bonds is 5. The van der Waals surface area contributed by atoms with Crippen LogP contribution in [-0.2, 0) is 16.6 Å². The minimum Gasteiger partial charge on any atom is -0.419 e. The third-order valence-corrected chi connectivity index (χ3v) is 5.37. The first-order valence-electron chi connectivity index (χ1n) is 7.67. The fourth-order valence-electron chi connectivity index (χ4n) is 2.75. The van der Waals surface area contributed by atoms with Gasteiger partial charge in [-0.1, -0.05) is 17.7 Å². The number of pyridine rings is 1. The van der Waals surface area contributed by atoms with E-state index in [1.54, 1.807) is 38.4 Å². The number of hydrogen-bond acceptors (Lipinski definition) is 6. The van der Waals surface area contributed by atoms with Crippen molar-refractivity contribution < 1.29 is 12.8 Å². The topological polar surface area (TPSA) is 98.0 Å². The lowest BCUT2D eigenvalue weighted by molar-refractivity contribution is 0.494. The van der Waals surface area contributed by atoms with Crippen LogP contribution in [0.15, 0.2) is 46.0 Å². The van der Waals surface area contributed by atoms with Gasteiger partial charge in [0.05, 0.1) is 17.0 Å². The van der Waals surface area contributed by atoms with Crippen molar-refractivity contribution in [3.8, 4) is 11.5 Å². The fourth-order valence-corrected chi connectivity index (χ4v) is 4.17. The Balaban J connectivity index is 1.79. The Bertz CT molecular complexity index is 975. The van der Waals surface area contributed by atoms with Crippen LogP contribution >= 0.6 is 0 Å². The summed E-state index contributed by atoms with van der Waals surface area (Å²) in [5, 5.41) is 7.79. The molecule has 3 aromatic rings. The van der Waals surface area contributed by atoms with Crippen LogP contribution in [0.3, 0.4) is 0 Å². The molecular formula is C17H18N4O3S. The molecule has 130 valence electrons. The molecular weight excluding hydrogens is 340 g/mol. The Kier molecular flexibility index (Phi) is 4.65. The molecule has 0 unspecified atom stereocenters. The predicted molar refractivity (Wildman–Crippen MR) is 92.2 cm³/mol. The average molecular weight is 358 g/mol. The van der Waals surface area contributed by atoms with E-state index in [2.05, 4.69) is 19.9 Å². The summed E-state index contributed by atoms with van der Waals surface area (Å²) in [5.41, 5.74) is 3.10. The van der Waals surface area contributed by atoms with E-state index in [4.69, 9.17) is 4.42 Å². The van der Waals surface area contributed by atoms with Crippen molar-refractivity contribution in [3.05, 3.63) is 59.2 Å². The van der Waals surface area contributed by atoms with Gasteiger partial charge in [-0.05, 0) is 44.0 Å². The molecule has 0 radical (unpaired) electrons. The molecule has 7 nitrogen and oxygen atoms in total. The van der Waals surface area contributed by atoms with Gasteiger partial charge in [-0.3, -0.25) is 4.98 Å². The Morgan fingerprint density at radius 2 is 1.84 bits per heavy atom. The lowest BCUT2D eigenvalue weighted by Crippen LogP contribution is -2.25. The lowest BCUT2D eigenvalue weighted by Gasteiger charge is -2.12. The van der Waals surface area contributed by atoms with Crippen molar-refractivity contribution in [1.29, 1.82) is 0 Å². The molecule has 25 heavy (non-hydrogen) atoms. The van der Waals surface area contributed by atoms with E-state index < -0.39 is 10.0 Å². The molecule has 0 aliphatic rings. The van der Waals surface area contributed by atoms with Crippen molar-refractivity contribution >= 4 is 10.0 Å². The molecule has 0 spiro atoms. The molecule has 0 amide bonds. The van der Waals surface area contributed by atoms with E-state index in [9.17, 15) is 8.42 Å². The molecule has 0 aliphatic heterocycles. The number of benzene rings is 1. The van der Waals surface area contributed by atoms with Crippen molar-refractivity contribution in [2.24, 2.45) is 0 Å². The summed E-state index contributed by atoms with van der Waals surface area (Å²) in [7, 11) is -3.68. The third-order valence-electron chi connectivity index (χ3n) is 3.66. The van der Waals surface area contributed by atoms with Crippen LogP contribution in [0.1, 0.15) is 22.6 Å². The summed E-state index contributed by atoms with van der Waals surface area (Å²) in [4.78, 5) is 4.26. The van der Waals surface area contributed by atoms with Crippen molar-refractivity contribution in [1.82, 2.24) is 19.9 Å². The summed E-state index contributed by atoms with van der Waals surface area (Å²) in [6.07, 6.45) is 3.24. The Hall–Kier alpha value is -2.58. The first kappa shape index (κ1) is 17.2. The van der Waals surface area contributed by atoms with Gasteiger partial charge < -0.3 is 4.42 Å². The molecule has 1 aromatic carbocycles. The highest BCUT2D eigenvalue weighted by atomic mass is 32.2. The number of sulfonamides is 1. The first-order valence-corrected chi connectivity index (χ1v) is 9.15. The summed E-state index contributed by atoms with van der Waals surface area (Å²) in [5.74, 6) is 0.481. The van der Waals surface area contributed by atoms with Gasteiger partial charge in [0.1, 0.15) is 0 Å². The van der Waals surface area contributed by atoms with Crippen LogP contribution in [0.2, 0.25) is 0 Å². The van der Waals surface area contributed by atoms with Crippen LogP contribution in [0.4, 0.5) is 0 Å². The van der Waals surface area contributed by atoms with Crippen molar-refractivity contribution in [2.75, 3.05) is 0 Å². The summed E-state index contributed by atoms with van der Waals surface area (Å²) in [6.45, 7) is 5.41. The number of nitrogens with zero attached hydrogens (tertiary/aromatic N) is 3. The Morgan fingerprint density at radius 1 is 1.12 bits per heavy atom. The maximum absolute atomic E-state index is 12.6. The van der Waals surface area contributed by atoms with Crippen LogP contribution in [0.5, 0.6) is 0 Å². The number of aryl methyl sites for hydroxylation is 3. The van der Waals surface area contributed by atoms with Gasteiger partial charge in [0.2, 0.25) is 21.8 Å². The summed E-state index contributed by atoms with van der Waals surface area (Å²) < 4.78 is 33.3. The maximum Gasteiger partial charge on any atom is 0.249 e. The second-order valence-corrected chi connectivity index (χ2v) is 7.50. The van der Waals surface area contributed by atoms with E-state index in [-0.39, 0.29) is 17.3 Å². The smallest absolute Gasteiger partial charge is 0.249 e. The van der Waals surface area contributed by atoms with Crippen LogP contribution in [0.25, 0.3) is 11.5 Å². The zero-order valence-corrected chi connectivity index (χ0v) is 15.0. The molecule has 0 atom stereocenters. The molecule has 1 N–H and O–H groups in total. The normalized spacial score (nSPS) is 11.6. The maximum atomic E-state index is 12.6. The number of aromatic nitrogens is 3. The monoisotopic (exact) mass is 358 g/mol. The largest absolute Gasteiger partial charge is 0.419 e. The van der Waals surface area contributed by atoms with Gasteiger partial charge in [-0.2, -0.15) is 0 Å². The second-order valence-electron chi connectivity index (χ2n) is 5.80.